The molecule has 0 aromatic heterocycles. The molecule has 1 radical (unpaired) electrons. The first-order valence-corrected chi connectivity index (χ1v) is 13.5. The quantitative estimate of drug-likeness (QED) is 0.232. The van der Waals surface area contributed by atoms with Gasteiger partial charge in [0.05, 0.1) is 22.6 Å². The Labute approximate surface area is 177 Å². The third kappa shape index (κ3) is 8.37. The number of carbonyl (C=O) groups excluding carboxylic acids is 1. The standard InChI is InChI=1S/C16H32P2.C5H8O2.Rh/c1-15(2,3)17-11-7-9-13(17)14-10-8-12-18(14)16(4,5)6;1-4(6)3-5(2)7;/h13-14H,7-12H2,1-6H3;3,6H,1-2H3;/p+1/b;4-3-;/t13-,14-,17?,18?;;/m1../s1. The van der Waals surface area contributed by atoms with Gasteiger partial charge in [0, 0.05) is 35.3 Å². The number of hydrogen-bond donors (Lipinski definition) is 0. The van der Waals surface area contributed by atoms with Gasteiger partial charge in [-0.1, -0.05) is 6.92 Å². The number of ketones is 1. The molecule has 0 amide bonds. The molecule has 2 unspecified atom stereocenters. The van der Waals surface area contributed by atoms with Crippen LogP contribution in [-0.4, -0.2) is 39.7 Å². The molecular weight excluding hydrogens is 449 g/mol. The Kier molecular flexibility index (Phi) is 11.3. The molecule has 0 spiro atoms. The average Bonchev–Trinajstić information content (AvgIpc) is 3.05. The molecule has 0 N–H and O–H groups in total. The van der Waals surface area contributed by atoms with Crippen LogP contribution in [0.3, 0.4) is 0 Å². The van der Waals surface area contributed by atoms with E-state index in [-0.39, 0.29) is 46.9 Å². The molecule has 26 heavy (non-hydrogen) atoms. The fraction of sp³-hybridized carbons (Fsp3) is 0.857. The van der Waals surface area contributed by atoms with Gasteiger partial charge in [0.15, 0.2) is 5.78 Å². The fourth-order valence-corrected chi connectivity index (χ4v) is 14.0. The van der Waals surface area contributed by atoms with Crippen molar-refractivity contribution in [2.24, 2.45) is 0 Å². The van der Waals surface area contributed by atoms with E-state index < -0.39 is 0 Å². The van der Waals surface area contributed by atoms with E-state index in [0.29, 0.717) is 10.3 Å². The molecule has 2 aliphatic rings. The minimum Gasteiger partial charge on any atom is -0.876 e. The number of rotatable bonds is 2. The Morgan fingerprint density at radius 1 is 0.885 bits per heavy atom. The van der Waals surface area contributed by atoms with Crippen molar-refractivity contribution < 1.29 is 29.4 Å². The maximum Gasteiger partial charge on any atom is 0.151 e. The van der Waals surface area contributed by atoms with Crippen molar-refractivity contribution in [1.82, 2.24) is 0 Å². The molecule has 2 rings (SSSR count). The average molecular weight is 490 g/mol. The van der Waals surface area contributed by atoms with Gasteiger partial charge in [0.1, 0.15) is 11.3 Å². The van der Waals surface area contributed by atoms with Gasteiger partial charge < -0.3 is 5.11 Å². The first-order chi connectivity index (χ1) is 11.3. The summed E-state index contributed by atoms with van der Waals surface area (Å²) in [6.45, 7) is 17.9. The summed E-state index contributed by atoms with van der Waals surface area (Å²) in [5, 5.41) is 11.3. The summed E-state index contributed by atoms with van der Waals surface area (Å²) < 4.78 is 0. The maximum absolute atomic E-state index is 9.98. The minimum absolute atomic E-state index is 0. The largest absolute Gasteiger partial charge is 0.876 e. The summed E-state index contributed by atoms with van der Waals surface area (Å²) in [4.78, 5) is 9.98. The van der Waals surface area contributed by atoms with Crippen LogP contribution in [0.2, 0.25) is 0 Å². The van der Waals surface area contributed by atoms with Crippen LogP contribution in [0.1, 0.15) is 81.1 Å². The van der Waals surface area contributed by atoms with Crippen LogP contribution in [0.4, 0.5) is 0 Å². The third-order valence-corrected chi connectivity index (χ3v) is 14.8. The van der Waals surface area contributed by atoms with E-state index in [2.05, 4.69) is 41.5 Å². The molecular formula is C21H41O2P2Rh+. The molecule has 0 aromatic rings. The number of hydrogen-bond acceptors (Lipinski definition) is 2. The second-order valence-corrected chi connectivity index (χ2v) is 17.5. The number of allylic oxidation sites excluding steroid dienone is 2. The second-order valence-electron chi connectivity index (χ2n) is 9.91. The van der Waals surface area contributed by atoms with Crippen LogP contribution in [0.15, 0.2) is 11.8 Å². The van der Waals surface area contributed by atoms with E-state index in [1.807, 2.05) is 0 Å². The Morgan fingerprint density at radius 2 is 1.23 bits per heavy atom. The van der Waals surface area contributed by atoms with Gasteiger partial charge in [-0.2, -0.15) is 0 Å². The summed E-state index contributed by atoms with van der Waals surface area (Å²) in [7, 11) is -0.231. The van der Waals surface area contributed by atoms with Crippen molar-refractivity contribution >= 4 is 21.6 Å². The van der Waals surface area contributed by atoms with Crippen molar-refractivity contribution in [1.29, 1.82) is 0 Å². The van der Waals surface area contributed by atoms with Crippen LogP contribution >= 0.6 is 15.8 Å². The molecule has 0 aromatic carbocycles. The van der Waals surface area contributed by atoms with Gasteiger partial charge in [-0.05, 0) is 80.2 Å². The zero-order valence-corrected chi connectivity index (χ0v) is 21.8. The van der Waals surface area contributed by atoms with Crippen LogP contribution in [0.5, 0.6) is 0 Å². The fourth-order valence-electron chi connectivity index (χ4n) is 4.78. The summed E-state index contributed by atoms with van der Waals surface area (Å²) in [5.74, 6) is -0.375. The summed E-state index contributed by atoms with van der Waals surface area (Å²) in [6.07, 6.45) is 10.5. The van der Waals surface area contributed by atoms with Crippen molar-refractivity contribution in [3.05, 3.63) is 11.8 Å². The zero-order chi connectivity index (χ0) is 19.4. The van der Waals surface area contributed by atoms with Gasteiger partial charge in [-0.25, -0.2) is 0 Å². The van der Waals surface area contributed by atoms with Crippen molar-refractivity contribution in [2.75, 3.05) is 12.3 Å². The zero-order valence-electron chi connectivity index (χ0n) is 18.1. The summed E-state index contributed by atoms with van der Waals surface area (Å²) >= 11 is 0. The molecule has 4 atom stereocenters. The molecule has 0 aliphatic carbocycles. The molecule has 155 valence electrons. The Morgan fingerprint density at radius 3 is 1.42 bits per heavy atom. The predicted octanol–water partition coefficient (Wildman–Crippen LogP) is 5.17. The van der Waals surface area contributed by atoms with Crippen LogP contribution < -0.4 is 5.11 Å². The topological polar surface area (TPSA) is 40.1 Å². The normalized spacial score (nSPS) is 29.6. The van der Waals surface area contributed by atoms with Gasteiger partial charge in [0.25, 0.3) is 0 Å². The van der Waals surface area contributed by atoms with E-state index in [1.54, 1.807) is 38.0 Å². The van der Waals surface area contributed by atoms with E-state index in [0.717, 1.165) is 6.08 Å². The molecule has 2 nitrogen and oxygen atoms in total. The molecule has 5 heteroatoms. The smallest absolute Gasteiger partial charge is 0.151 e. The molecule has 2 heterocycles. The monoisotopic (exact) mass is 490 g/mol. The van der Waals surface area contributed by atoms with E-state index >= 15 is 0 Å². The maximum atomic E-state index is 9.98. The molecule has 2 aliphatic heterocycles. The molecule has 2 saturated heterocycles. The van der Waals surface area contributed by atoms with E-state index in [9.17, 15) is 9.90 Å². The Balaban J connectivity index is 0.000000673. The van der Waals surface area contributed by atoms with Gasteiger partial charge >= 0.3 is 0 Å². The van der Waals surface area contributed by atoms with E-state index in [1.165, 1.54) is 25.2 Å². The van der Waals surface area contributed by atoms with Crippen LogP contribution in [-0.2, 0) is 24.3 Å². The predicted molar refractivity (Wildman–Crippen MR) is 116 cm³/mol. The molecule has 0 bridgehead atoms. The van der Waals surface area contributed by atoms with Crippen molar-refractivity contribution in [3.63, 3.8) is 0 Å². The minimum atomic E-state index is -0.187. The Hall–Kier alpha value is 0.693. The van der Waals surface area contributed by atoms with Crippen LogP contribution in [0, 0.1) is 0 Å². The van der Waals surface area contributed by atoms with Crippen LogP contribution in [0.25, 0.3) is 0 Å². The summed E-state index contributed by atoms with van der Waals surface area (Å²) in [6, 6.07) is 0. The van der Waals surface area contributed by atoms with Crippen molar-refractivity contribution in [2.45, 2.75) is 103 Å². The SMILES string of the molecule is CC(=O)/C=C(/C)[O-].CC(C)(C)[PH+]1CCC[C@@H]1[C@H]1CCC[PH+]1C(C)(C)C.[Rh]. The Bertz CT molecular complexity index is 443. The second kappa shape index (κ2) is 11.0. The molecule has 2 fully saturated rings. The number of carbonyl (C=O) groups is 1. The van der Waals surface area contributed by atoms with Crippen molar-refractivity contribution in [3.8, 4) is 0 Å². The van der Waals surface area contributed by atoms with Gasteiger partial charge in [0.2, 0.25) is 0 Å². The van der Waals surface area contributed by atoms with E-state index in [4.69, 9.17) is 0 Å². The first-order valence-electron chi connectivity index (χ1n) is 9.92. The van der Waals surface area contributed by atoms with Gasteiger partial charge in [-0.15, -0.1) is 5.76 Å². The van der Waals surface area contributed by atoms with Gasteiger partial charge in [-0.3, -0.25) is 4.79 Å². The molecule has 0 saturated carbocycles. The summed E-state index contributed by atoms with van der Waals surface area (Å²) in [5.41, 5.74) is 2.34. The first kappa shape index (κ1) is 26.7. The third-order valence-electron chi connectivity index (χ3n) is 5.64.